The Hall–Kier alpha value is -2.65. The average Bonchev–Trinajstić information content (AvgIpc) is 2.58. The molecular weight excluding hydrogens is 338 g/mol. The van der Waals surface area contributed by atoms with Crippen LogP contribution in [0.1, 0.15) is 40.5 Å². The lowest BCUT2D eigenvalue weighted by Gasteiger charge is -2.49. The number of benzene rings is 1. The van der Waals surface area contributed by atoms with Crippen molar-refractivity contribution in [2.24, 2.45) is 0 Å². The smallest absolute Gasteiger partial charge is 0.190 e. The zero-order valence-corrected chi connectivity index (χ0v) is 16.6. The second-order valence-electron chi connectivity index (χ2n) is 8.66. The molecule has 142 valence electrons. The minimum absolute atomic E-state index is 0.0424. The Bertz CT molecular complexity index is 851. The van der Waals surface area contributed by atoms with Crippen molar-refractivity contribution >= 4 is 11.5 Å². The fraction of sp³-hybridized carbons (Fsp3) is 0.476. The molecule has 2 heterocycles. The van der Waals surface area contributed by atoms with E-state index in [4.69, 9.17) is 6.57 Å². The monoisotopic (exact) mass is 365 g/mol. The highest BCUT2D eigenvalue weighted by molar-refractivity contribution is 5.70. The molecule has 1 saturated heterocycles. The van der Waals surface area contributed by atoms with Crippen molar-refractivity contribution in [3.63, 3.8) is 0 Å². The quantitative estimate of drug-likeness (QED) is 0.800. The van der Waals surface area contributed by atoms with Crippen LogP contribution in [-0.4, -0.2) is 39.5 Å². The van der Waals surface area contributed by atoms with Gasteiger partial charge in [-0.3, -0.25) is 0 Å². The van der Waals surface area contributed by atoms with Gasteiger partial charge in [-0.05, 0) is 58.7 Å². The van der Waals surface area contributed by atoms with Gasteiger partial charge >= 0.3 is 0 Å². The van der Waals surface area contributed by atoms with Gasteiger partial charge in [0.05, 0.1) is 12.3 Å². The molecule has 3 rings (SSSR count). The van der Waals surface area contributed by atoms with E-state index in [-0.39, 0.29) is 16.8 Å². The Kier molecular flexibility index (Phi) is 4.83. The van der Waals surface area contributed by atoms with Crippen LogP contribution in [0.25, 0.3) is 16.1 Å². The second kappa shape index (κ2) is 6.82. The molecule has 0 radical (unpaired) electrons. The Morgan fingerprint density at radius 2 is 1.78 bits per heavy atom. The maximum absolute atomic E-state index is 10.1. The second-order valence-corrected chi connectivity index (χ2v) is 8.66. The fourth-order valence-corrected chi connectivity index (χ4v) is 4.19. The molecule has 6 heteroatoms. The van der Waals surface area contributed by atoms with Gasteiger partial charge in [0.15, 0.2) is 11.5 Å². The number of nitrogens with one attached hydrogen (secondary N) is 1. The van der Waals surface area contributed by atoms with E-state index in [1.807, 2.05) is 12.1 Å². The van der Waals surface area contributed by atoms with E-state index in [0.29, 0.717) is 23.0 Å². The number of hydrogen-bond acceptors (Lipinski definition) is 5. The third-order valence-corrected chi connectivity index (χ3v) is 5.11. The van der Waals surface area contributed by atoms with Gasteiger partial charge in [-0.1, -0.05) is 12.1 Å². The van der Waals surface area contributed by atoms with Crippen LogP contribution >= 0.6 is 0 Å². The molecule has 0 aliphatic carbocycles. The first-order chi connectivity index (χ1) is 12.6. The number of piperidine rings is 1. The van der Waals surface area contributed by atoms with E-state index in [1.165, 1.54) is 6.07 Å². The molecule has 0 spiro atoms. The third kappa shape index (κ3) is 4.20. The standard InChI is InChI=1S/C21H27N5O/c1-20(2)12-15(13-21(3,4)25-20)26(6)19-10-9-17(23-24-19)16-8-7-14(22-5)11-18(16)27/h7-11,15,25,27H,12-13H2,1-4,6H3. The van der Waals surface area contributed by atoms with E-state index in [9.17, 15) is 5.11 Å². The molecule has 6 nitrogen and oxygen atoms in total. The number of anilines is 1. The Morgan fingerprint density at radius 1 is 1.11 bits per heavy atom. The highest BCUT2D eigenvalue weighted by atomic mass is 16.3. The van der Waals surface area contributed by atoms with Crippen molar-refractivity contribution in [1.29, 1.82) is 0 Å². The zero-order valence-electron chi connectivity index (χ0n) is 16.6. The first-order valence-corrected chi connectivity index (χ1v) is 9.17. The largest absolute Gasteiger partial charge is 0.509 e. The van der Waals surface area contributed by atoms with Crippen molar-refractivity contribution in [2.45, 2.75) is 57.7 Å². The summed E-state index contributed by atoms with van der Waals surface area (Å²) in [6.07, 6.45) is 2.05. The van der Waals surface area contributed by atoms with Crippen LogP contribution in [0.4, 0.5) is 11.5 Å². The molecule has 1 aliphatic rings. The van der Waals surface area contributed by atoms with Crippen molar-refractivity contribution in [2.75, 3.05) is 11.9 Å². The van der Waals surface area contributed by atoms with Gasteiger partial charge in [-0.2, -0.15) is 0 Å². The molecule has 1 aromatic heterocycles. The van der Waals surface area contributed by atoms with Crippen molar-refractivity contribution in [3.05, 3.63) is 41.7 Å². The Balaban J connectivity index is 1.82. The Labute approximate surface area is 161 Å². The lowest BCUT2D eigenvalue weighted by molar-refractivity contribution is 0.160. The molecule has 2 aromatic rings. The van der Waals surface area contributed by atoms with Gasteiger partial charge in [0.25, 0.3) is 0 Å². The SMILES string of the molecule is [C-]#[N+]c1ccc(-c2ccc(N(C)C3CC(C)(C)NC(C)(C)C3)nn2)c(O)c1. The average molecular weight is 365 g/mol. The van der Waals surface area contributed by atoms with Crippen LogP contribution in [0.15, 0.2) is 30.3 Å². The number of nitrogens with zero attached hydrogens (tertiary/aromatic N) is 4. The summed E-state index contributed by atoms with van der Waals surface area (Å²) >= 11 is 0. The van der Waals surface area contributed by atoms with Crippen LogP contribution in [0, 0.1) is 6.57 Å². The number of aromatic nitrogens is 2. The molecule has 1 fully saturated rings. The summed E-state index contributed by atoms with van der Waals surface area (Å²) < 4.78 is 0. The molecule has 0 atom stereocenters. The predicted octanol–water partition coefficient (Wildman–Crippen LogP) is 4.15. The highest BCUT2D eigenvalue weighted by Crippen LogP contribution is 2.34. The fourth-order valence-electron chi connectivity index (χ4n) is 4.19. The van der Waals surface area contributed by atoms with E-state index < -0.39 is 0 Å². The lowest BCUT2D eigenvalue weighted by Crippen LogP contribution is -2.62. The molecule has 27 heavy (non-hydrogen) atoms. The van der Waals surface area contributed by atoms with Crippen molar-refractivity contribution < 1.29 is 5.11 Å². The van der Waals surface area contributed by atoms with Gasteiger partial charge in [0.2, 0.25) is 0 Å². The molecular formula is C21H27N5O. The van der Waals surface area contributed by atoms with E-state index in [0.717, 1.165) is 18.7 Å². The molecule has 2 N–H and O–H groups in total. The predicted molar refractivity (Wildman–Crippen MR) is 108 cm³/mol. The van der Waals surface area contributed by atoms with Gasteiger partial charge in [-0.25, -0.2) is 4.85 Å². The minimum atomic E-state index is 0.0424. The van der Waals surface area contributed by atoms with Gasteiger partial charge in [0.1, 0.15) is 5.75 Å². The van der Waals surface area contributed by atoms with Crippen LogP contribution in [0.5, 0.6) is 5.75 Å². The number of aromatic hydroxyl groups is 1. The molecule has 1 aromatic carbocycles. The first kappa shape index (κ1) is 19.1. The summed E-state index contributed by atoms with van der Waals surface area (Å²) in [4.78, 5) is 5.52. The van der Waals surface area contributed by atoms with E-state index in [2.05, 4.69) is 60.0 Å². The minimum Gasteiger partial charge on any atom is -0.509 e. The number of phenols is 1. The van der Waals surface area contributed by atoms with Gasteiger partial charge in [0, 0.05) is 29.7 Å². The van der Waals surface area contributed by atoms with Crippen LogP contribution in [0.2, 0.25) is 0 Å². The first-order valence-electron chi connectivity index (χ1n) is 9.17. The summed E-state index contributed by atoms with van der Waals surface area (Å²) in [7, 11) is 2.06. The van der Waals surface area contributed by atoms with Crippen LogP contribution in [-0.2, 0) is 0 Å². The Morgan fingerprint density at radius 3 is 2.30 bits per heavy atom. The topological polar surface area (TPSA) is 65.6 Å². The maximum atomic E-state index is 10.1. The molecule has 0 unspecified atom stereocenters. The third-order valence-electron chi connectivity index (χ3n) is 5.11. The van der Waals surface area contributed by atoms with Crippen molar-refractivity contribution in [3.8, 4) is 17.0 Å². The van der Waals surface area contributed by atoms with Crippen LogP contribution < -0.4 is 10.2 Å². The molecule has 0 amide bonds. The number of phenolic OH excluding ortho intramolecular Hbond substituents is 1. The van der Waals surface area contributed by atoms with Crippen molar-refractivity contribution in [1.82, 2.24) is 15.5 Å². The van der Waals surface area contributed by atoms with E-state index >= 15 is 0 Å². The van der Waals surface area contributed by atoms with E-state index in [1.54, 1.807) is 12.1 Å². The molecule has 0 saturated carbocycles. The molecule has 0 bridgehead atoms. The highest BCUT2D eigenvalue weighted by Gasteiger charge is 2.39. The normalized spacial score (nSPS) is 18.7. The van der Waals surface area contributed by atoms with Crippen LogP contribution in [0.3, 0.4) is 0 Å². The summed E-state index contributed by atoms with van der Waals surface area (Å²) in [6, 6.07) is 8.98. The number of rotatable bonds is 3. The zero-order chi connectivity index (χ0) is 19.8. The summed E-state index contributed by atoms with van der Waals surface area (Å²) in [5.74, 6) is 0.857. The lowest BCUT2D eigenvalue weighted by atomic mass is 9.79. The summed E-state index contributed by atoms with van der Waals surface area (Å²) in [5.41, 5.74) is 1.69. The summed E-state index contributed by atoms with van der Waals surface area (Å²) in [5, 5.41) is 22.6. The van der Waals surface area contributed by atoms with Gasteiger partial charge in [-0.15, -0.1) is 10.2 Å². The van der Waals surface area contributed by atoms with Gasteiger partial charge < -0.3 is 15.3 Å². The summed E-state index contributed by atoms with van der Waals surface area (Å²) in [6.45, 7) is 16.0. The maximum Gasteiger partial charge on any atom is 0.190 e. The number of hydrogen-bond donors (Lipinski definition) is 2. The molecule has 1 aliphatic heterocycles.